The second-order valence-corrected chi connectivity index (χ2v) is 5.22. The van der Waals surface area contributed by atoms with Gasteiger partial charge in [-0.3, -0.25) is 9.59 Å². The SMILES string of the molecule is CC(C)CC(N)C(=O)c1cc[nH]c1CCCC(=O)O. The Bertz CT molecular complexity index is 438. The second kappa shape index (κ2) is 7.09. The Morgan fingerprint density at radius 3 is 2.68 bits per heavy atom. The van der Waals surface area contributed by atoms with Crippen molar-refractivity contribution in [3.63, 3.8) is 0 Å². The minimum atomic E-state index is -0.823. The molecule has 1 unspecified atom stereocenters. The zero-order valence-electron chi connectivity index (χ0n) is 11.5. The number of aryl methyl sites for hydroxylation is 1. The van der Waals surface area contributed by atoms with Gasteiger partial charge in [0.15, 0.2) is 5.78 Å². The first-order chi connectivity index (χ1) is 8.91. The highest BCUT2D eigenvalue weighted by atomic mass is 16.4. The van der Waals surface area contributed by atoms with E-state index in [-0.39, 0.29) is 12.2 Å². The van der Waals surface area contributed by atoms with Gasteiger partial charge in [0, 0.05) is 23.9 Å². The molecule has 0 aliphatic carbocycles. The number of H-pyrrole nitrogens is 1. The van der Waals surface area contributed by atoms with Crippen molar-refractivity contribution in [2.75, 3.05) is 0 Å². The van der Waals surface area contributed by atoms with Crippen LogP contribution in [0.3, 0.4) is 0 Å². The quantitative estimate of drug-likeness (QED) is 0.627. The molecule has 0 spiro atoms. The van der Waals surface area contributed by atoms with E-state index >= 15 is 0 Å². The van der Waals surface area contributed by atoms with Crippen molar-refractivity contribution in [1.82, 2.24) is 4.98 Å². The molecule has 0 radical (unpaired) electrons. The van der Waals surface area contributed by atoms with Crippen LogP contribution in [-0.4, -0.2) is 27.9 Å². The molecule has 1 aromatic heterocycles. The molecular weight excluding hydrogens is 244 g/mol. The van der Waals surface area contributed by atoms with Gasteiger partial charge >= 0.3 is 5.97 Å². The van der Waals surface area contributed by atoms with Crippen molar-refractivity contribution in [3.05, 3.63) is 23.5 Å². The molecule has 1 rings (SSSR count). The molecule has 0 aromatic carbocycles. The van der Waals surface area contributed by atoms with Crippen LogP contribution in [0.25, 0.3) is 0 Å². The molecule has 1 aromatic rings. The summed E-state index contributed by atoms with van der Waals surface area (Å²) in [5, 5.41) is 8.61. The number of Topliss-reactive ketones (excluding diaryl/α,β-unsaturated/α-hetero) is 1. The maximum atomic E-state index is 12.2. The Morgan fingerprint density at radius 2 is 2.11 bits per heavy atom. The molecule has 0 saturated carbocycles. The number of carboxylic acids is 1. The standard InChI is InChI=1S/C14H22N2O3/c1-9(2)8-11(15)14(19)10-6-7-16-12(10)4-3-5-13(17)18/h6-7,9,11,16H,3-5,8,15H2,1-2H3,(H,17,18). The van der Waals surface area contributed by atoms with Crippen LogP contribution in [0.1, 0.15) is 49.2 Å². The number of hydrogen-bond acceptors (Lipinski definition) is 3. The number of nitrogens with two attached hydrogens (primary N) is 1. The zero-order chi connectivity index (χ0) is 14.4. The summed E-state index contributed by atoms with van der Waals surface area (Å²) in [5.41, 5.74) is 7.28. The summed E-state index contributed by atoms with van der Waals surface area (Å²) in [4.78, 5) is 25.7. The highest BCUT2D eigenvalue weighted by Crippen LogP contribution is 2.15. The average Bonchev–Trinajstić information content (AvgIpc) is 2.74. The molecule has 0 aliphatic heterocycles. The molecule has 1 heterocycles. The number of aromatic amines is 1. The second-order valence-electron chi connectivity index (χ2n) is 5.22. The number of hydrogen-bond donors (Lipinski definition) is 3. The monoisotopic (exact) mass is 266 g/mol. The summed E-state index contributed by atoms with van der Waals surface area (Å²) in [6.45, 7) is 4.05. The molecule has 0 amide bonds. The Kier molecular flexibility index (Phi) is 5.76. The van der Waals surface area contributed by atoms with E-state index < -0.39 is 12.0 Å². The lowest BCUT2D eigenvalue weighted by molar-refractivity contribution is -0.137. The third-order valence-corrected chi connectivity index (χ3v) is 2.98. The largest absolute Gasteiger partial charge is 0.481 e. The normalized spacial score (nSPS) is 12.6. The van der Waals surface area contributed by atoms with Gasteiger partial charge in [-0.15, -0.1) is 0 Å². The molecule has 19 heavy (non-hydrogen) atoms. The minimum absolute atomic E-state index is 0.0692. The van der Waals surface area contributed by atoms with Crippen molar-refractivity contribution in [1.29, 1.82) is 0 Å². The predicted molar refractivity (Wildman–Crippen MR) is 73.1 cm³/mol. The fraction of sp³-hybridized carbons (Fsp3) is 0.571. The average molecular weight is 266 g/mol. The maximum absolute atomic E-state index is 12.2. The van der Waals surface area contributed by atoms with Gasteiger partial charge < -0.3 is 15.8 Å². The summed E-state index contributed by atoms with van der Waals surface area (Å²) in [6.07, 6.45) is 3.51. The number of aliphatic carboxylic acids is 1. The molecule has 5 heteroatoms. The van der Waals surface area contributed by atoms with Gasteiger partial charge in [0.25, 0.3) is 0 Å². The number of nitrogens with one attached hydrogen (secondary N) is 1. The molecule has 0 fully saturated rings. The van der Waals surface area contributed by atoms with Crippen molar-refractivity contribution >= 4 is 11.8 Å². The van der Waals surface area contributed by atoms with Crippen LogP contribution in [0.4, 0.5) is 0 Å². The fourth-order valence-electron chi connectivity index (χ4n) is 2.07. The smallest absolute Gasteiger partial charge is 0.303 e. The number of carbonyl (C=O) groups is 2. The molecular formula is C14H22N2O3. The van der Waals surface area contributed by atoms with Crippen LogP contribution in [0.5, 0.6) is 0 Å². The Balaban J connectivity index is 2.65. The molecule has 0 aliphatic rings. The molecule has 106 valence electrons. The number of ketones is 1. The number of carbonyl (C=O) groups excluding carboxylic acids is 1. The van der Waals surface area contributed by atoms with Gasteiger partial charge in [-0.1, -0.05) is 13.8 Å². The van der Waals surface area contributed by atoms with E-state index in [9.17, 15) is 9.59 Å². The lowest BCUT2D eigenvalue weighted by Gasteiger charge is -2.13. The van der Waals surface area contributed by atoms with E-state index in [1.54, 1.807) is 12.3 Å². The van der Waals surface area contributed by atoms with E-state index in [2.05, 4.69) is 4.98 Å². The summed E-state index contributed by atoms with van der Waals surface area (Å²) < 4.78 is 0. The Labute approximate surface area is 113 Å². The van der Waals surface area contributed by atoms with Crippen LogP contribution < -0.4 is 5.73 Å². The topological polar surface area (TPSA) is 96.2 Å². The number of aromatic nitrogens is 1. The number of carboxylic acid groups (broad SMARTS) is 1. The van der Waals surface area contributed by atoms with Gasteiger partial charge in [-0.2, -0.15) is 0 Å². The summed E-state index contributed by atoms with van der Waals surface area (Å²) >= 11 is 0. The lowest BCUT2D eigenvalue weighted by Crippen LogP contribution is -2.32. The van der Waals surface area contributed by atoms with Crippen LogP contribution in [0.15, 0.2) is 12.3 Å². The van der Waals surface area contributed by atoms with Gasteiger partial charge in [-0.25, -0.2) is 0 Å². The molecule has 0 saturated heterocycles. The molecule has 4 N–H and O–H groups in total. The van der Waals surface area contributed by atoms with Crippen LogP contribution in [-0.2, 0) is 11.2 Å². The van der Waals surface area contributed by atoms with E-state index in [4.69, 9.17) is 10.8 Å². The van der Waals surface area contributed by atoms with Crippen LogP contribution >= 0.6 is 0 Å². The van der Waals surface area contributed by atoms with Gasteiger partial charge in [0.2, 0.25) is 0 Å². The summed E-state index contributed by atoms with van der Waals surface area (Å²) in [6, 6.07) is 1.23. The summed E-state index contributed by atoms with van der Waals surface area (Å²) in [5.74, 6) is -0.524. The fourth-order valence-corrected chi connectivity index (χ4v) is 2.07. The highest BCUT2D eigenvalue weighted by Gasteiger charge is 2.20. The molecule has 1 atom stereocenters. The van der Waals surface area contributed by atoms with Gasteiger partial charge in [0.05, 0.1) is 6.04 Å². The van der Waals surface area contributed by atoms with E-state index in [0.29, 0.717) is 30.7 Å². The molecule has 5 nitrogen and oxygen atoms in total. The highest BCUT2D eigenvalue weighted by molar-refractivity contribution is 6.01. The molecule has 0 bridgehead atoms. The van der Waals surface area contributed by atoms with E-state index in [0.717, 1.165) is 5.69 Å². The lowest BCUT2D eigenvalue weighted by atomic mass is 9.96. The third-order valence-electron chi connectivity index (χ3n) is 2.98. The predicted octanol–water partition coefficient (Wildman–Crippen LogP) is 1.98. The van der Waals surface area contributed by atoms with Crippen molar-refractivity contribution < 1.29 is 14.7 Å². The van der Waals surface area contributed by atoms with Gasteiger partial charge in [-0.05, 0) is 31.2 Å². The van der Waals surface area contributed by atoms with Crippen LogP contribution in [0, 0.1) is 5.92 Å². The first kappa shape index (κ1) is 15.4. The number of rotatable bonds is 8. The van der Waals surface area contributed by atoms with Crippen molar-refractivity contribution in [2.24, 2.45) is 11.7 Å². The first-order valence-electron chi connectivity index (χ1n) is 6.59. The van der Waals surface area contributed by atoms with Crippen molar-refractivity contribution in [3.8, 4) is 0 Å². The van der Waals surface area contributed by atoms with Gasteiger partial charge in [0.1, 0.15) is 0 Å². The zero-order valence-corrected chi connectivity index (χ0v) is 11.5. The maximum Gasteiger partial charge on any atom is 0.303 e. The Morgan fingerprint density at radius 1 is 1.42 bits per heavy atom. The Hall–Kier alpha value is -1.62. The van der Waals surface area contributed by atoms with Crippen molar-refractivity contribution in [2.45, 2.75) is 45.6 Å². The third kappa shape index (κ3) is 4.87. The summed E-state index contributed by atoms with van der Waals surface area (Å²) in [7, 11) is 0. The minimum Gasteiger partial charge on any atom is -0.481 e. The van der Waals surface area contributed by atoms with E-state index in [1.165, 1.54) is 0 Å². The first-order valence-corrected chi connectivity index (χ1v) is 6.59. The van der Waals surface area contributed by atoms with Crippen LogP contribution in [0.2, 0.25) is 0 Å². The van der Waals surface area contributed by atoms with E-state index in [1.807, 2.05) is 13.8 Å².